The summed E-state index contributed by atoms with van der Waals surface area (Å²) in [6.07, 6.45) is 0. The van der Waals surface area contributed by atoms with Crippen molar-refractivity contribution in [1.82, 2.24) is 0 Å². The van der Waals surface area contributed by atoms with E-state index in [4.69, 9.17) is 9.44 Å². The molecule has 0 saturated carbocycles. The fourth-order valence-electron chi connectivity index (χ4n) is 1.21. The van der Waals surface area contributed by atoms with Crippen molar-refractivity contribution in [2.45, 2.75) is 13.5 Å². The van der Waals surface area contributed by atoms with Crippen LogP contribution in [-0.2, 0) is 21.6 Å². The van der Waals surface area contributed by atoms with Crippen molar-refractivity contribution < 1.29 is 22.7 Å². The average molecular weight is 372 g/mol. The molecule has 7 heteroatoms. The average Bonchev–Trinajstić information content (AvgIpc) is 2.23. The third kappa shape index (κ3) is 4.78. The molecule has 1 rings (SSSR count). The zero-order valence-corrected chi connectivity index (χ0v) is 12.2. The van der Waals surface area contributed by atoms with E-state index in [1.54, 1.807) is 12.1 Å². The van der Waals surface area contributed by atoms with E-state index in [1.165, 1.54) is 6.07 Å². The van der Waals surface area contributed by atoms with Crippen LogP contribution in [0, 0.1) is 6.92 Å². The summed E-state index contributed by atoms with van der Waals surface area (Å²) < 4.78 is 28.3. The summed E-state index contributed by atoms with van der Waals surface area (Å²) in [5.41, 5.74) is 1.56. The molecule has 0 aliphatic carbocycles. The molecule has 0 unspecified atom stereocenters. The first kappa shape index (κ1) is 14.7. The molecule has 0 fully saturated rings. The van der Waals surface area contributed by atoms with E-state index in [1.807, 2.05) is 29.5 Å². The number of rotatable bonds is 6. The molecule has 5 nitrogen and oxygen atoms in total. The zero-order chi connectivity index (χ0) is 12.9. The summed E-state index contributed by atoms with van der Waals surface area (Å²) in [6.45, 7) is 1.83. The van der Waals surface area contributed by atoms with Crippen LogP contribution in [-0.4, -0.2) is 23.9 Å². The van der Waals surface area contributed by atoms with Gasteiger partial charge >= 0.3 is 10.1 Å². The van der Waals surface area contributed by atoms with Crippen LogP contribution in [0.1, 0.15) is 11.1 Å². The minimum Gasteiger partial charge on any atom is -0.382 e. The molecule has 0 aliphatic heterocycles. The molecule has 0 bridgehead atoms. The van der Waals surface area contributed by atoms with E-state index in [0.717, 1.165) is 5.56 Å². The first-order valence-corrected chi connectivity index (χ1v) is 7.93. The molecule has 0 heterocycles. The Labute approximate surface area is 114 Å². The predicted octanol–water partition coefficient (Wildman–Crippen LogP) is 2.13. The van der Waals surface area contributed by atoms with Gasteiger partial charge < -0.3 is 4.18 Å². The fraction of sp³-hybridized carbons (Fsp3) is 0.400. The van der Waals surface area contributed by atoms with Gasteiger partial charge in [0, 0.05) is 4.43 Å². The van der Waals surface area contributed by atoms with Gasteiger partial charge in [-0.3, -0.25) is 5.26 Å². The summed E-state index contributed by atoms with van der Waals surface area (Å²) in [6, 6.07) is 4.82. The van der Waals surface area contributed by atoms with Crippen LogP contribution in [0.25, 0.3) is 0 Å². The smallest absolute Gasteiger partial charge is 0.309 e. The van der Waals surface area contributed by atoms with Gasteiger partial charge in [0.2, 0.25) is 0 Å². The number of hydrogen-bond donors (Lipinski definition) is 1. The molecule has 1 N–H and O–H groups in total. The van der Waals surface area contributed by atoms with Crippen molar-refractivity contribution >= 4 is 32.7 Å². The standard InChI is InChI=1S/C10H13IO5S/c1-8-2-3-10(6-9(8)7-15-12)16-17(13,14)5-4-11/h2-3,6,12H,4-5,7H2,1H3. The summed E-state index contributed by atoms with van der Waals surface area (Å²) in [5.74, 6) is 0.195. The highest BCUT2D eigenvalue weighted by Crippen LogP contribution is 2.19. The fourth-order valence-corrected chi connectivity index (χ4v) is 3.49. The van der Waals surface area contributed by atoms with E-state index in [9.17, 15) is 8.42 Å². The van der Waals surface area contributed by atoms with Crippen LogP contribution in [0.15, 0.2) is 18.2 Å². The quantitative estimate of drug-likeness (QED) is 0.272. The second kappa shape index (κ2) is 6.53. The van der Waals surface area contributed by atoms with Gasteiger partial charge in [0.1, 0.15) is 12.4 Å². The number of benzene rings is 1. The van der Waals surface area contributed by atoms with Crippen molar-refractivity contribution in [1.29, 1.82) is 0 Å². The molecule has 96 valence electrons. The highest BCUT2D eigenvalue weighted by Gasteiger charge is 2.12. The van der Waals surface area contributed by atoms with Gasteiger partial charge in [-0.25, -0.2) is 4.89 Å². The Kier molecular flexibility index (Phi) is 5.63. The third-order valence-electron chi connectivity index (χ3n) is 2.09. The maximum Gasteiger partial charge on any atom is 0.309 e. The third-order valence-corrected chi connectivity index (χ3v) is 4.51. The van der Waals surface area contributed by atoms with Gasteiger partial charge in [0.15, 0.2) is 0 Å². The molecule has 1 aromatic carbocycles. The number of alkyl halides is 1. The Morgan fingerprint density at radius 3 is 2.71 bits per heavy atom. The number of halogens is 1. The van der Waals surface area contributed by atoms with Gasteiger partial charge in [-0.15, -0.1) is 0 Å². The molecule has 0 atom stereocenters. The zero-order valence-electron chi connectivity index (χ0n) is 9.22. The maximum atomic E-state index is 11.4. The van der Waals surface area contributed by atoms with E-state index < -0.39 is 10.1 Å². The van der Waals surface area contributed by atoms with Crippen LogP contribution in [0.3, 0.4) is 0 Å². The summed E-state index contributed by atoms with van der Waals surface area (Å²) in [7, 11) is -3.54. The Hall–Kier alpha value is -0.380. The molecule has 0 amide bonds. The monoisotopic (exact) mass is 372 g/mol. The van der Waals surface area contributed by atoms with Crippen LogP contribution in [0.2, 0.25) is 0 Å². The molecule has 17 heavy (non-hydrogen) atoms. The second-order valence-electron chi connectivity index (χ2n) is 3.40. The van der Waals surface area contributed by atoms with E-state index in [-0.39, 0.29) is 18.1 Å². The van der Waals surface area contributed by atoms with Gasteiger partial charge in [-0.05, 0) is 30.2 Å². The Morgan fingerprint density at radius 1 is 1.41 bits per heavy atom. The lowest BCUT2D eigenvalue weighted by Crippen LogP contribution is -2.14. The molecule has 0 radical (unpaired) electrons. The van der Waals surface area contributed by atoms with E-state index in [0.29, 0.717) is 9.99 Å². The van der Waals surface area contributed by atoms with Crippen molar-refractivity contribution in [3.05, 3.63) is 29.3 Å². The Morgan fingerprint density at radius 2 is 2.12 bits per heavy atom. The minimum absolute atomic E-state index is 0.00460. The molecular formula is C10H13IO5S. The summed E-state index contributed by atoms with van der Waals surface area (Å²) >= 11 is 1.97. The summed E-state index contributed by atoms with van der Waals surface area (Å²) in [4.78, 5) is 4.04. The van der Waals surface area contributed by atoms with Crippen LogP contribution in [0.4, 0.5) is 0 Å². The SMILES string of the molecule is Cc1ccc(OS(=O)(=O)CCI)cc1COO. The number of aryl methyl sites for hydroxylation is 1. The first-order chi connectivity index (χ1) is 7.98. The summed E-state index contributed by atoms with van der Waals surface area (Å²) in [5, 5.41) is 8.39. The minimum atomic E-state index is -3.54. The first-order valence-electron chi connectivity index (χ1n) is 4.82. The molecule has 1 aromatic rings. The molecule has 0 spiro atoms. The lowest BCUT2D eigenvalue weighted by Gasteiger charge is -2.09. The van der Waals surface area contributed by atoms with Crippen molar-refractivity contribution in [2.24, 2.45) is 0 Å². The molecule has 0 aliphatic rings. The van der Waals surface area contributed by atoms with E-state index >= 15 is 0 Å². The maximum absolute atomic E-state index is 11.4. The van der Waals surface area contributed by atoms with Crippen molar-refractivity contribution in [2.75, 3.05) is 10.2 Å². The lowest BCUT2D eigenvalue weighted by molar-refractivity contribution is -0.253. The lowest BCUT2D eigenvalue weighted by atomic mass is 10.1. The molecule has 0 saturated heterocycles. The normalized spacial score (nSPS) is 11.5. The van der Waals surface area contributed by atoms with Gasteiger partial charge in [0.25, 0.3) is 0 Å². The Balaban J connectivity index is 2.89. The van der Waals surface area contributed by atoms with Gasteiger partial charge in [-0.1, -0.05) is 28.7 Å². The highest BCUT2D eigenvalue weighted by atomic mass is 127. The van der Waals surface area contributed by atoms with Crippen molar-refractivity contribution in [3.8, 4) is 5.75 Å². The molecule has 0 aromatic heterocycles. The predicted molar refractivity (Wildman–Crippen MR) is 71.9 cm³/mol. The van der Waals surface area contributed by atoms with Crippen molar-refractivity contribution in [3.63, 3.8) is 0 Å². The van der Waals surface area contributed by atoms with Crippen LogP contribution >= 0.6 is 22.6 Å². The van der Waals surface area contributed by atoms with Crippen LogP contribution in [0.5, 0.6) is 5.75 Å². The van der Waals surface area contributed by atoms with E-state index in [2.05, 4.69) is 4.89 Å². The van der Waals surface area contributed by atoms with Gasteiger partial charge in [-0.2, -0.15) is 8.42 Å². The Bertz CT molecular complexity index is 472. The second-order valence-corrected chi connectivity index (χ2v) is 6.16. The highest BCUT2D eigenvalue weighted by molar-refractivity contribution is 14.1. The van der Waals surface area contributed by atoms with Crippen LogP contribution < -0.4 is 4.18 Å². The largest absolute Gasteiger partial charge is 0.382 e. The number of hydrogen-bond acceptors (Lipinski definition) is 5. The van der Waals surface area contributed by atoms with Gasteiger partial charge in [0.05, 0.1) is 5.75 Å². The molecular weight excluding hydrogens is 359 g/mol. The topological polar surface area (TPSA) is 72.8 Å².